The number of carbonyl (C=O) groups is 2. The maximum Gasteiger partial charge on any atom is 0.325 e. The summed E-state index contributed by atoms with van der Waals surface area (Å²) < 4.78 is 5.95. The Balaban J connectivity index is 2.14. The number of benzene rings is 1. The van der Waals surface area contributed by atoms with Gasteiger partial charge in [0, 0.05) is 6.04 Å². The number of nitrogens with one attached hydrogen (secondary N) is 1. The molecule has 1 amide bonds. The highest BCUT2D eigenvalue weighted by Gasteiger charge is 2.16. The second-order valence-electron chi connectivity index (χ2n) is 6.63. The Morgan fingerprint density at radius 2 is 2.04 bits per heavy atom. The monoisotopic (exact) mass is 405 g/mol. The molecule has 2 rings (SSSR count). The van der Waals surface area contributed by atoms with Crippen molar-refractivity contribution in [3.8, 4) is 0 Å². The Morgan fingerprint density at radius 1 is 1.29 bits per heavy atom. The molecule has 1 N–H and O–H groups in total. The number of rotatable bonds is 10. The SMILES string of the molecule is CCCCCC(C)NC(=O)CSc1nc2ccccc2c(=O)n1CC(=O)OC. The first-order chi connectivity index (χ1) is 13.5. The van der Waals surface area contributed by atoms with E-state index in [0.29, 0.717) is 16.1 Å². The van der Waals surface area contributed by atoms with E-state index in [-0.39, 0.29) is 29.8 Å². The number of ether oxygens (including phenoxy) is 1. The van der Waals surface area contributed by atoms with E-state index < -0.39 is 5.97 Å². The molecule has 0 saturated carbocycles. The minimum absolute atomic E-state index is 0.0986. The van der Waals surface area contributed by atoms with Crippen molar-refractivity contribution < 1.29 is 14.3 Å². The van der Waals surface area contributed by atoms with Crippen molar-refractivity contribution in [2.75, 3.05) is 12.9 Å². The predicted octanol–water partition coefficient (Wildman–Crippen LogP) is 2.75. The van der Waals surface area contributed by atoms with E-state index in [1.165, 1.54) is 11.7 Å². The van der Waals surface area contributed by atoms with Crippen molar-refractivity contribution >= 4 is 34.5 Å². The van der Waals surface area contributed by atoms with Gasteiger partial charge in [0.05, 0.1) is 23.8 Å². The second kappa shape index (κ2) is 10.8. The Morgan fingerprint density at radius 3 is 2.75 bits per heavy atom. The van der Waals surface area contributed by atoms with E-state index in [1.54, 1.807) is 24.3 Å². The minimum Gasteiger partial charge on any atom is -0.468 e. The number of hydrogen-bond acceptors (Lipinski definition) is 6. The molecule has 0 saturated heterocycles. The maximum absolute atomic E-state index is 12.8. The molecule has 1 unspecified atom stereocenters. The molecule has 1 atom stereocenters. The zero-order valence-corrected chi connectivity index (χ0v) is 17.4. The third-order valence-corrected chi connectivity index (χ3v) is 5.30. The van der Waals surface area contributed by atoms with Crippen LogP contribution in [0.15, 0.2) is 34.2 Å². The number of aromatic nitrogens is 2. The lowest BCUT2D eigenvalue weighted by atomic mass is 10.1. The van der Waals surface area contributed by atoms with Crippen LogP contribution in [0.2, 0.25) is 0 Å². The topological polar surface area (TPSA) is 90.3 Å². The molecule has 7 nitrogen and oxygen atoms in total. The molecular formula is C20H27N3O4S. The lowest BCUT2D eigenvalue weighted by Gasteiger charge is -2.15. The number of thioether (sulfide) groups is 1. The van der Waals surface area contributed by atoms with Gasteiger partial charge in [0.15, 0.2) is 5.16 Å². The number of para-hydroxylation sites is 1. The van der Waals surface area contributed by atoms with E-state index in [0.717, 1.165) is 37.4 Å². The number of fused-ring (bicyclic) bond motifs is 1. The summed E-state index contributed by atoms with van der Waals surface area (Å²) >= 11 is 1.14. The number of carbonyl (C=O) groups excluding carboxylic acids is 2. The molecule has 0 aliphatic heterocycles. The molecule has 2 aromatic rings. The largest absolute Gasteiger partial charge is 0.468 e. The first kappa shape index (κ1) is 21.9. The summed E-state index contributed by atoms with van der Waals surface area (Å²) in [5.74, 6) is -0.555. The fourth-order valence-electron chi connectivity index (χ4n) is 2.81. The lowest BCUT2D eigenvalue weighted by Crippen LogP contribution is -2.34. The fourth-order valence-corrected chi connectivity index (χ4v) is 3.62. The summed E-state index contributed by atoms with van der Waals surface area (Å²) in [5.41, 5.74) is 0.205. The second-order valence-corrected chi connectivity index (χ2v) is 7.57. The van der Waals surface area contributed by atoms with Crippen LogP contribution in [0.3, 0.4) is 0 Å². The number of hydrogen-bond donors (Lipinski definition) is 1. The third-order valence-electron chi connectivity index (χ3n) is 4.32. The van der Waals surface area contributed by atoms with Crippen molar-refractivity contribution in [3.63, 3.8) is 0 Å². The van der Waals surface area contributed by atoms with Gasteiger partial charge in [0.25, 0.3) is 5.56 Å². The van der Waals surface area contributed by atoms with Gasteiger partial charge in [0.1, 0.15) is 6.54 Å². The molecule has 0 spiro atoms. The van der Waals surface area contributed by atoms with Crippen LogP contribution in [0.4, 0.5) is 0 Å². The average Bonchev–Trinajstić information content (AvgIpc) is 2.68. The van der Waals surface area contributed by atoms with Crippen LogP contribution in [0.25, 0.3) is 10.9 Å². The van der Waals surface area contributed by atoms with Crippen LogP contribution >= 0.6 is 11.8 Å². The summed E-state index contributed by atoms with van der Waals surface area (Å²) in [5, 5.41) is 3.71. The smallest absolute Gasteiger partial charge is 0.325 e. The zero-order chi connectivity index (χ0) is 20.5. The first-order valence-corrected chi connectivity index (χ1v) is 10.4. The molecule has 0 radical (unpaired) electrons. The van der Waals surface area contributed by atoms with Crippen LogP contribution in [-0.4, -0.2) is 40.3 Å². The summed E-state index contributed by atoms with van der Waals surface area (Å²) in [6, 6.07) is 7.03. The summed E-state index contributed by atoms with van der Waals surface area (Å²) in [6.07, 6.45) is 4.30. The van der Waals surface area contributed by atoms with Crippen molar-refractivity contribution in [1.29, 1.82) is 0 Å². The highest BCUT2D eigenvalue weighted by atomic mass is 32.2. The highest BCUT2D eigenvalue weighted by Crippen LogP contribution is 2.18. The van der Waals surface area contributed by atoms with Gasteiger partial charge in [-0.15, -0.1) is 0 Å². The Labute approximate surface area is 168 Å². The predicted molar refractivity (Wildman–Crippen MR) is 110 cm³/mol. The van der Waals surface area contributed by atoms with Gasteiger partial charge in [-0.3, -0.25) is 19.0 Å². The Kier molecular flexibility index (Phi) is 8.50. The number of nitrogens with zero attached hydrogens (tertiary/aromatic N) is 2. The van der Waals surface area contributed by atoms with E-state index in [9.17, 15) is 14.4 Å². The number of methoxy groups -OCH3 is 1. The van der Waals surface area contributed by atoms with Crippen LogP contribution in [-0.2, 0) is 20.9 Å². The van der Waals surface area contributed by atoms with Crippen LogP contribution < -0.4 is 10.9 Å². The molecule has 0 aliphatic carbocycles. The van der Waals surface area contributed by atoms with Gasteiger partial charge in [-0.25, -0.2) is 4.98 Å². The van der Waals surface area contributed by atoms with E-state index in [2.05, 4.69) is 22.0 Å². The molecule has 1 aromatic heterocycles. The fraction of sp³-hybridized carbons (Fsp3) is 0.500. The molecule has 28 heavy (non-hydrogen) atoms. The van der Waals surface area contributed by atoms with Gasteiger partial charge in [-0.1, -0.05) is 50.1 Å². The third kappa shape index (κ3) is 6.09. The highest BCUT2D eigenvalue weighted by molar-refractivity contribution is 7.99. The van der Waals surface area contributed by atoms with Crippen molar-refractivity contribution in [3.05, 3.63) is 34.6 Å². The first-order valence-electron chi connectivity index (χ1n) is 9.44. The maximum atomic E-state index is 12.8. The van der Waals surface area contributed by atoms with Gasteiger partial charge < -0.3 is 10.1 Å². The van der Waals surface area contributed by atoms with Crippen molar-refractivity contribution in [1.82, 2.24) is 14.9 Å². The van der Waals surface area contributed by atoms with Crippen molar-refractivity contribution in [2.24, 2.45) is 0 Å². The molecule has 1 aromatic carbocycles. The standard InChI is InChI=1S/C20H27N3O4S/c1-4-5-6-9-14(2)21-17(24)13-28-20-22-16-11-8-7-10-15(16)19(26)23(20)12-18(25)27-3/h7-8,10-11,14H,4-6,9,12-13H2,1-3H3,(H,21,24). The molecule has 0 fully saturated rings. The van der Waals surface area contributed by atoms with E-state index in [1.807, 2.05) is 6.92 Å². The van der Waals surface area contributed by atoms with E-state index in [4.69, 9.17) is 0 Å². The van der Waals surface area contributed by atoms with Gasteiger partial charge >= 0.3 is 5.97 Å². The lowest BCUT2D eigenvalue weighted by molar-refractivity contribution is -0.141. The number of esters is 1. The van der Waals surface area contributed by atoms with E-state index >= 15 is 0 Å². The van der Waals surface area contributed by atoms with Crippen molar-refractivity contribution in [2.45, 2.75) is 57.3 Å². The molecule has 152 valence electrons. The van der Waals surface area contributed by atoms with Gasteiger partial charge in [-0.05, 0) is 25.5 Å². The van der Waals surface area contributed by atoms with Gasteiger partial charge in [0.2, 0.25) is 5.91 Å². The number of amides is 1. The van der Waals surface area contributed by atoms with Crippen LogP contribution in [0.1, 0.15) is 39.5 Å². The quantitative estimate of drug-likeness (QED) is 0.283. The number of unbranched alkanes of at least 4 members (excludes halogenated alkanes) is 2. The molecule has 1 heterocycles. The minimum atomic E-state index is -0.546. The average molecular weight is 406 g/mol. The zero-order valence-electron chi connectivity index (χ0n) is 16.6. The normalized spacial score (nSPS) is 12.0. The van der Waals surface area contributed by atoms with Gasteiger partial charge in [-0.2, -0.15) is 0 Å². The Bertz CT molecular complexity index is 881. The summed E-state index contributed by atoms with van der Waals surface area (Å²) in [4.78, 5) is 41.2. The Hall–Kier alpha value is -2.35. The van der Waals surface area contributed by atoms with Crippen LogP contribution in [0, 0.1) is 0 Å². The molecule has 8 heteroatoms. The molecule has 0 aliphatic rings. The summed E-state index contributed by atoms with van der Waals surface area (Å²) in [6.45, 7) is 3.88. The van der Waals surface area contributed by atoms with Crippen LogP contribution in [0.5, 0.6) is 0 Å². The molecule has 0 bridgehead atoms. The summed E-state index contributed by atoms with van der Waals surface area (Å²) in [7, 11) is 1.27. The molecular weight excluding hydrogens is 378 g/mol.